The number of nitrogens with zero attached hydrogens (tertiary/aromatic N) is 1. The number of carbonyl (C=O) groups is 1. The SMILES string of the molecule is CC(C)(NC(=O)c1ccnc2ccccc12)C(N)=S. The van der Waals surface area contributed by atoms with Crippen LogP contribution in [0.4, 0.5) is 0 Å². The minimum Gasteiger partial charge on any atom is -0.391 e. The van der Waals surface area contributed by atoms with E-state index in [0.29, 0.717) is 5.56 Å². The number of hydrogen-bond donors (Lipinski definition) is 2. The van der Waals surface area contributed by atoms with Gasteiger partial charge in [0.25, 0.3) is 5.91 Å². The molecule has 0 aliphatic carbocycles. The van der Waals surface area contributed by atoms with Crippen LogP contribution in [-0.4, -0.2) is 21.4 Å². The van der Waals surface area contributed by atoms with Crippen molar-refractivity contribution < 1.29 is 4.79 Å². The van der Waals surface area contributed by atoms with Gasteiger partial charge in [0, 0.05) is 11.6 Å². The number of thiocarbonyl (C=S) groups is 1. The molecule has 0 radical (unpaired) electrons. The molecule has 1 amide bonds. The van der Waals surface area contributed by atoms with Gasteiger partial charge in [0.15, 0.2) is 0 Å². The molecular formula is C14H15N3OS. The van der Waals surface area contributed by atoms with Crippen molar-refractivity contribution in [3.05, 3.63) is 42.1 Å². The smallest absolute Gasteiger partial charge is 0.252 e. The van der Waals surface area contributed by atoms with E-state index in [1.54, 1.807) is 26.1 Å². The average Bonchev–Trinajstić information content (AvgIpc) is 2.37. The Balaban J connectivity index is 2.40. The molecule has 0 saturated carbocycles. The maximum absolute atomic E-state index is 12.3. The first-order chi connectivity index (χ1) is 8.92. The zero-order valence-corrected chi connectivity index (χ0v) is 11.6. The van der Waals surface area contributed by atoms with Crippen LogP contribution in [0.2, 0.25) is 0 Å². The van der Waals surface area contributed by atoms with E-state index >= 15 is 0 Å². The van der Waals surface area contributed by atoms with Gasteiger partial charge in [-0.1, -0.05) is 30.4 Å². The quantitative estimate of drug-likeness (QED) is 0.840. The molecule has 0 bridgehead atoms. The zero-order valence-electron chi connectivity index (χ0n) is 10.8. The average molecular weight is 273 g/mol. The summed E-state index contributed by atoms with van der Waals surface area (Å²) >= 11 is 4.95. The minimum absolute atomic E-state index is 0.212. The molecular weight excluding hydrogens is 258 g/mol. The third kappa shape index (κ3) is 2.71. The molecule has 4 nitrogen and oxygen atoms in total. The molecule has 0 unspecified atom stereocenters. The molecule has 19 heavy (non-hydrogen) atoms. The van der Waals surface area contributed by atoms with E-state index in [2.05, 4.69) is 10.3 Å². The van der Waals surface area contributed by atoms with E-state index < -0.39 is 5.54 Å². The monoisotopic (exact) mass is 273 g/mol. The summed E-state index contributed by atoms with van der Waals surface area (Å²) in [6, 6.07) is 9.18. The molecule has 0 spiro atoms. The number of carbonyl (C=O) groups excluding carboxylic acids is 1. The maximum Gasteiger partial charge on any atom is 0.252 e. The van der Waals surface area contributed by atoms with Crippen LogP contribution in [-0.2, 0) is 0 Å². The van der Waals surface area contributed by atoms with Crippen LogP contribution in [0.5, 0.6) is 0 Å². The maximum atomic E-state index is 12.3. The third-order valence-corrected chi connectivity index (χ3v) is 3.45. The van der Waals surface area contributed by atoms with Gasteiger partial charge in [0.05, 0.1) is 21.6 Å². The second kappa shape index (κ2) is 4.93. The Morgan fingerprint density at radius 2 is 2.00 bits per heavy atom. The predicted octanol–water partition coefficient (Wildman–Crippen LogP) is 2.03. The van der Waals surface area contributed by atoms with Crippen LogP contribution < -0.4 is 11.1 Å². The standard InChI is InChI=1S/C14H15N3OS/c1-14(2,13(15)19)17-12(18)10-7-8-16-11-6-4-3-5-9(10)11/h3-8H,1-2H3,(H2,15,19)(H,17,18). The molecule has 0 atom stereocenters. The summed E-state index contributed by atoms with van der Waals surface area (Å²) in [6.07, 6.45) is 1.62. The van der Waals surface area contributed by atoms with Gasteiger partial charge in [-0.3, -0.25) is 9.78 Å². The number of pyridine rings is 1. The van der Waals surface area contributed by atoms with E-state index in [9.17, 15) is 4.79 Å². The van der Waals surface area contributed by atoms with Crippen molar-refractivity contribution in [3.63, 3.8) is 0 Å². The van der Waals surface area contributed by atoms with Gasteiger partial charge in [-0.05, 0) is 26.0 Å². The first-order valence-electron chi connectivity index (χ1n) is 5.88. The Hall–Kier alpha value is -2.01. The number of benzene rings is 1. The summed E-state index contributed by atoms with van der Waals surface area (Å²) in [5, 5.41) is 3.64. The number of amides is 1. The van der Waals surface area contributed by atoms with Gasteiger partial charge in [0.2, 0.25) is 0 Å². The van der Waals surface area contributed by atoms with Crippen LogP contribution in [0.1, 0.15) is 24.2 Å². The number of aromatic nitrogens is 1. The summed E-state index contributed by atoms with van der Waals surface area (Å²) in [4.78, 5) is 16.8. The zero-order chi connectivity index (χ0) is 14.0. The summed E-state index contributed by atoms with van der Waals surface area (Å²) in [6.45, 7) is 3.55. The molecule has 1 aromatic carbocycles. The molecule has 3 N–H and O–H groups in total. The van der Waals surface area contributed by atoms with E-state index in [4.69, 9.17) is 18.0 Å². The number of fused-ring (bicyclic) bond motifs is 1. The second-order valence-electron chi connectivity index (χ2n) is 4.82. The predicted molar refractivity (Wildman–Crippen MR) is 80.1 cm³/mol. The Kier molecular flexibility index (Phi) is 3.48. The number of nitrogens with two attached hydrogens (primary N) is 1. The van der Waals surface area contributed by atoms with Gasteiger partial charge in [0.1, 0.15) is 0 Å². The number of nitrogens with one attached hydrogen (secondary N) is 1. The van der Waals surface area contributed by atoms with E-state index in [0.717, 1.165) is 10.9 Å². The molecule has 2 aromatic rings. The fourth-order valence-corrected chi connectivity index (χ4v) is 1.76. The Labute approximate surface area is 117 Å². The lowest BCUT2D eigenvalue weighted by Gasteiger charge is -2.25. The highest BCUT2D eigenvalue weighted by Gasteiger charge is 2.24. The van der Waals surface area contributed by atoms with Crippen molar-refractivity contribution >= 4 is 34.0 Å². The van der Waals surface area contributed by atoms with Crippen LogP contribution in [0.3, 0.4) is 0 Å². The lowest BCUT2D eigenvalue weighted by Crippen LogP contribution is -2.52. The minimum atomic E-state index is -0.725. The molecule has 0 fully saturated rings. The Bertz CT molecular complexity index is 647. The highest BCUT2D eigenvalue weighted by molar-refractivity contribution is 7.80. The topological polar surface area (TPSA) is 68.0 Å². The fraction of sp³-hybridized carbons (Fsp3) is 0.214. The van der Waals surface area contributed by atoms with Crippen molar-refractivity contribution in [2.75, 3.05) is 0 Å². The van der Waals surface area contributed by atoms with Gasteiger partial charge in [-0.2, -0.15) is 0 Å². The van der Waals surface area contributed by atoms with Crippen molar-refractivity contribution in [3.8, 4) is 0 Å². The van der Waals surface area contributed by atoms with Crippen LogP contribution >= 0.6 is 12.2 Å². The second-order valence-corrected chi connectivity index (χ2v) is 5.26. The van der Waals surface area contributed by atoms with Crippen LogP contribution in [0.15, 0.2) is 36.5 Å². The largest absolute Gasteiger partial charge is 0.391 e. The van der Waals surface area contributed by atoms with Crippen molar-refractivity contribution in [1.82, 2.24) is 10.3 Å². The lowest BCUT2D eigenvalue weighted by molar-refractivity contribution is 0.0934. The van der Waals surface area contributed by atoms with Gasteiger partial charge in [-0.15, -0.1) is 0 Å². The van der Waals surface area contributed by atoms with E-state index in [1.807, 2.05) is 24.3 Å². The summed E-state index contributed by atoms with van der Waals surface area (Å²) in [7, 11) is 0. The van der Waals surface area contributed by atoms with Gasteiger partial charge in [-0.25, -0.2) is 0 Å². The molecule has 1 heterocycles. The van der Waals surface area contributed by atoms with E-state index in [-0.39, 0.29) is 10.9 Å². The van der Waals surface area contributed by atoms with Crippen molar-refractivity contribution in [1.29, 1.82) is 0 Å². The molecule has 1 aromatic heterocycles. The molecule has 98 valence electrons. The Morgan fingerprint density at radius 3 is 2.68 bits per heavy atom. The highest BCUT2D eigenvalue weighted by Crippen LogP contribution is 2.17. The van der Waals surface area contributed by atoms with Crippen molar-refractivity contribution in [2.45, 2.75) is 19.4 Å². The molecule has 5 heteroatoms. The summed E-state index contributed by atoms with van der Waals surface area (Å²) in [5.41, 5.74) is 6.23. The van der Waals surface area contributed by atoms with Crippen LogP contribution in [0, 0.1) is 0 Å². The fourth-order valence-electron chi connectivity index (χ4n) is 1.71. The number of para-hydroxylation sites is 1. The third-order valence-electron chi connectivity index (χ3n) is 2.94. The number of rotatable bonds is 3. The highest BCUT2D eigenvalue weighted by atomic mass is 32.1. The summed E-state index contributed by atoms with van der Waals surface area (Å²) in [5.74, 6) is -0.212. The van der Waals surface area contributed by atoms with Gasteiger partial charge >= 0.3 is 0 Å². The molecule has 2 rings (SSSR count). The van der Waals surface area contributed by atoms with Gasteiger partial charge < -0.3 is 11.1 Å². The molecule has 0 aliphatic rings. The number of hydrogen-bond acceptors (Lipinski definition) is 3. The Morgan fingerprint density at radius 1 is 1.32 bits per heavy atom. The molecule has 0 saturated heterocycles. The van der Waals surface area contributed by atoms with Crippen molar-refractivity contribution in [2.24, 2.45) is 5.73 Å². The van der Waals surface area contributed by atoms with Crippen LogP contribution in [0.25, 0.3) is 10.9 Å². The normalized spacial score (nSPS) is 11.3. The first kappa shape index (κ1) is 13.4. The lowest BCUT2D eigenvalue weighted by atomic mass is 10.0. The summed E-state index contributed by atoms with van der Waals surface area (Å²) < 4.78 is 0. The molecule has 0 aliphatic heterocycles. The van der Waals surface area contributed by atoms with E-state index in [1.165, 1.54) is 0 Å². The first-order valence-corrected chi connectivity index (χ1v) is 6.29.